The van der Waals surface area contributed by atoms with Gasteiger partial charge in [-0.25, -0.2) is 0 Å². The minimum atomic E-state index is 0. The highest BCUT2D eigenvalue weighted by atomic mass is 35.5. The number of para-hydroxylation sites is 1. The van der Waals surface area contributed by atoms with Crippen LogP contribution < -0.4 is 14.8 Å². The zero-order chi connectivity index (χ0) is 18.9. The van der Waals surface area contributed by atoms with Gasteiger partial charge >= 0.3 is 0 Å². The van der Waals surface area contributed by atoms with Crippen LogP contribution in [0.5, 0.6) is 11.5 Å². The number of benzene rings is 3. The summed E-state index contributed by atoms with van der Waals surface area (Å²) in [6.45, 7) is 2.21. The third-order valence-electron chi connectivity index (χ3n) is 4.31. The molecule has 0 saturated carbocycles. The van der Waals surface area contributed by atoms with Crippen molar-refractivity contribution < 1.29 is 9.47 Å². The molecular weight excluding hydrogens is 393 g/mol. The maximum atomic E-state index is 5.91. The smallest absolute Gasteiger partial charge is 0.122 e. The zero-order valence-electron chi connectivity index (χ0n) is 15.9. The van der Waals surface area contributed by atoms with Crippen LogP contribution in [0.4, 0.5) is 0 Å². The lowest BCUT2D eigenvalue weighted by Crippen LogP contribution is -2.17. The van der Waals surface area contributed by atoms with E-state index in [-0.39, 0.29) is 12.4 Å². The van der Waals surface area contributed by atoms with E-state index < -0.39 is 0 Å². The van der Waals surface area contributed by atoms with Crippen molar-refractivity contribution in [1.82, 2.24) is 5.32 Å². The fourth-order valence-electron chi connectivity index (χ4n) is 2.86. The predicted molar refractivity (Wildman–Crippen MR) is 118 cm³/mol. The number of hydrogen-bond donors (Lipinski definition) is 1. The Hall–Kier alpha value is -2.20. The van der Waals surface area contributed by atoms with E-state index in [0.717, 1.165) is 41.6 Å². The molecule has 0 aliphatic heterocycles. The molecule has 3 nitrogen and oxygen atoms in total. The molecule has 3 aromatic carbocycles. The van der Waals surface area contributed by atoms with Crippen LogP contribution in [0.15, 0.2) is 72.8 Å². The Morgan fingerprint density at radius 3 is 2.46 bits per heavy atom. The maximum absolute atomic E-state index is 5.91. The van der Waals surface area contributed by atoms with E-state index in [0.29, 0.717) is 6.61 Å². The number of methoxy groups -OCH3 is 1. The van der Waals surface area contributed by atoms with E-state index in [2.05, 4.69) is 23.5 Å². The molecule has 0 aliphatic rings. The molecule has 0 amide bonds. The first-order valence-electron chi connectivity index (χ1n) is 9.03. The monoisotopic (exact) mass is 417 g/mol. The molecule has 0 fully saturated rings. The molecule has 1 N–H and O–H groups in total. The molecule has 3 aromatic rings. The van der Waals surface area contributed by atoms with Crippen LogP contribution in [-0.2, 0) is 19.6 Å². The normalized spacial score (nSPS) is 10.2. The van der Waals surface area contributed by atoms with Crippen LogP contribution in [0.25, 0.3) is 0 Å². The van der Waals surface area contributed by atoms with E-state index in [1.54, 1.807) is 7.11 Å². The highest BCUT2D eigenvalue weighted by Gasteiger charge is 2.02. The van der Waals surface area contributed by atoms with Crippen molar-refractivity contribution in [2.24, 2.45) is 0 Å². The molecule has 5 heteroatoms. The van der Waals surface area contributed by atoms with Gasteiger partial charge < -0.3 is 14.8 Å². The van der Waals surface area contributed by atoms with Crippen molar-refractivity contribution in [1.29, 1.82) is 0 Å². The van der Waals surface area contributed by atoms with Crippen LogP contribution in [-0.4, -0.2) is 13.7 Å². The average Bonchev–Trinajstić information content (AvgIpc) is 2.71. The zero-order valence-corrected chi connectivity index (χ0v) is 17.4. The molecular formula is C23H25Cl2NO2. The lowest BCUT2D eigenvalue weighted by Gasteiger charge is -2.10. The van der Waals surface area contributed by atoms with Gasteiger partial charge in [-0.1, -0.05) is 54.1 Å². The van der Waals surface area contributed by atoms with Crippen molar-refractivity contribution in [2.45, 2.75) is 19.6 Å². The van der Waals surface area contributed by atoms with Gasteiger partial charge in [-0.05, 0) is 60.0 Å². The minimum Gasteiger partial charge on any atom is -0.496 e. The van der Waals surface area contributed by atoms with Crippen LogP contribution in [0.3, 0.4) is 0 Å². The van der Waals surface area contributed by atoms with Crippen LogP contribution >= 0.6 is 24.0 Å². The quantitative estimate of drug-likeness (QED) is 0.454. The Morgan fingerprint density at radius 1 is 0.893 bits per heavy atom. The second kappa shape index (κ2) is 11.6. The molecule has 0 heterocycles. The summed E-state index contributed by atoms with van der Waals surface area (Å²) in [6, 6.07) is 24.0. The van der Waals surface area contributed by atoms with Gasteiger partial charge in [0, 0.05) is 11.6 Å². The van der Waals surface area contributed by atoms with Gasteiger partial charge in [0.1, 0.15) is 18.1 Å². The molecule has 0 atom stereocenters. The standard InChI is InChI=1S/C23H24ClNO2.ClH/c1-26-23-8-3-2-6-20(23)13-14-25-16-19-5-4-7-22(15-19)27-17-18-9-11-21(24)12-10-18;/h2-12,15,25H,13-14,16-17H2,1H3;1H. The van der Waals surface area contributed by atoms with Crippen molar-refractivity contribution in [2.75, 3.05) is 13.7 Å². The van der Waals surface area contributed by atoms with Crippen molar-refractivity contribution >= 4 is 24.0 Å². The summed E-state index contributed by atoms with van der Waals surface area (Å²) in [4.78, 5) is 0. The first-order valence-corrected chi connectivity index (χ1v) is 9.41. The number of hydrogen-bond acceptors (Lipinski definition) is 3. The highest BCUT2D eigenvalue weighted by molar-refractivity contribution is 6.30. The second-order valence-electron chi connectivity index (χ2n) is 6.30. The first-order chi connectivity index (χ1) is 13.2. The van der Waals surface area contributed by atoms with E-state index in [1.807, 2.05) is 54.6 Å². The maximum Gasteiger partial charge on any atom is 0.122 e. The van der Waals surface area contributed by atoms with E-state index in [9.17, 15) is 0 Å². The van der Waals surface area contributed by atoms with Gasteiger partial charge in [0.15, 0.2) is 0 Å². The van der Waals surface area contributed by atoms with E-state index in [1.165, 1.54) is 11.1 Å². The fraction of sp³-hybridized carbons (Fsp3) is 0.217. The van der Waals surface area contributed by atoms with E-state index >= 15 is 0 Å². The Kier molecular flexibility index (Phi) is 9.15. The minimum absolute atomic E-state index is 0. The number of ether oxygens (including phenoxy) is 2. The van der Waals surface area contributed by atoms with Crippen molar-refractivity contribution in [3.8, 4) is 11.5 Å². The topological polar surface area (TPSA) is 30.5 Å². The third-order valence-corrected chi connectivity index (χ3v) is 4.56. The molecule has 148 valence electrons. The Morgan fingerprint density at radius 2 is 1.68 bits per heavy atom. The predicted octanol–water partition coefficient (Wildman–Crippen LogP) is 5.68. The van der Waals surface area contributed by atoms with Gasteiger partial charge in [-0.2, -0.15) is 0 Å². The summed E-state index contributed by atoms with van der Waals surface area (Å²) in [5, 5.41) is 4.22. The average molecular weight is 418 g/mol. The highest BCUT2D eigenvalue weighted by Crippen LogP contribution is 2.18. The Labute approximate surface area is 178 Å². The molecule has 0 saturated heterocycles. The summed E-state index contributed by atoms with van der Waals surface area (Å²) in [6.07, 6.45) is 0.927. The van der Waals surface area contributed by atoms with Crippen molar-refractivity contribution in [3.63, 3.8) is 0 Å². The van der Waals surface area contributed by atoms with Gasteiger partial charge in [-0.15, -0.1) is 12.4 Å². The summed E-state index contributed by atoms with van der Waals surface area (Å²) < 4.78 is 11.3. The van der Waals surface area contributed by atoms with Gasteiger partial charge in [-0.3, -0.25) is 0 Å². The van der Waals surface area contributed by atoms with Crippen molar-refractivity contribution in [3.05, 3.63) is 94.5 Å². The number of halogens is 2. The van der Waals surface area contributed by atoms with E-state index in [4.69, 9.17) is 21.1 Å². The van der Waals surface area contributed by atoms with Crippen LogP contribution in [0.2, 0.25) is 5.02 Å². The molecule has 3 rings (SSSR count). The van der Waals surface area contributed by atoms with Crippen LogP contribution in [0, 0.1) is 0 Å². The molecule has 0 spiro atoms. The summed E-state index contributed by atoms with van der Waals surface area (Å²) in [7, 11) is 1.71. The van der Waals surface area contributed by atoms with Gasteiger partial charge in [0.25, 0.3) is 0 Å². The fourth-order valence-corrected chi connectivity index (χ4v) is 2.98. The number of nitrogens with one attached hydrogen (secondary N) is 1. The Balaban J connectivity index is 0.00000280. The molecule has 28 heavy (non-hydrogen) atoms. The molecule has 0 radical (unpaired) electrons. The largest absolute Gasteiger partial charge is 0.496 e. The first kappa shape index (κ1) is 22.1. The van der Waals surface area contributed by atoms with Gasteiger partial charge in [0.2, 0.25) is 0 Å². The number of rotatable bonds is 9. The molecule has 0 aliphatic carbocycles. The summed E-state index contributed by atoms with van der Waals surface area (Å²) in [5.74, 6) is 1.81. The SMILES string of the molecule is COc1ccccc1CCNCc1cccc(OCc2ccc(Cl)cc2)c1.Cl. The molecule has 0 aromatic heterocycles. The third kappa shape index (κ3) is 6.75. The summed E-state index contributed by atoms with van der Waals surface area (Å²) >= 11 is 5.91. The Bertz CT molecular complexity index is 853. The lowest BCUT2D eigenvalue weighted by molar-refractivity contribution is 0.306. The molecule has 0 bridgehead atoms. The van der Waals surface area contributed by atoms with Gasteiger partial charge in [0.05, 0.1) is 7.11 Å². The summed E-state index contributed by atoms with van der Waals surface area (Å²) in [5.41, 5.74) is 3.51. The lowest BCUT2D eigenvalue weighted by atomic mass is 10.1. The molecule has 0 unspecified atom stereocenters. The second-order valence-corrected chi connectivity index (χ2v) is 6.74. The van der Waals surface area contributed by atoms with Crippen LogP contribution in [0.1, 0.15) is 16.7 Å².